The van der Waals surface area contributed by atoms with Gasteiger partial charge in [-0.05, 0) is 50.2 Å². The molecule has 0 saturated heterocycles. The van der Waals surface area contributed by atoms with Gasteiger partial charge < -0.3 is 15.5 Å². The van der Waals surface area contributed by atoms with Gasteiger partial charge in [0.1, 0.15) is 0 Å². The maximum Gasteiger partial charge on any atom is 0.417 e. The van der Waals surface area contributed by atoms with Crippen LogP contribution < -0.4 is 16.8 Å². The highest BCUT2D eigenvalue weighted by atomic mass is 16.4. The van der Waals surface area contributed by atoms with Gasteiger partial charge in [-0.2, -0.15) is 0 Å². The van der Waals surface area contributed by atoms with Gasteiger partial charge in [-0.1, -0.05) is 6.07 Å². The summed E-state index contributed by atoms with van der Waals surface area (Å²) >= 11 is 0. The van der Waals surface area contributed by atoms with E-state index in [-0.39, 0.29) is 0 Å². The second-order valence-corrected chi connectivity index (χ2v) is 3.99. The summed E-state index contributed by atoms with van der Waals surface area (Å²) in [7, 11) is 0. The molecule has 0 fully saturated rings. The maximum absolute atomic E-state index is 11.0. The number of nitrogens with one attached hydrogen (secondary N) is 2. The number of aromatic nitrogens is 1. The van der Waals surface area contributed by atoms with Gasteiger partial charge >= 0.3 is 5.76 Å². The molecule has 17 heavy (non-hydrogen) atoms. The summed E-state index contributed by atoms with van der Waals surface area (Å²) in [5, 5.41) is 3.31. The first-order valence-electron chi connectivity index (χ1n) is 5.82. The van der Waals surface area contributed by atoms with Crippen molar-refractivity contribution in [2.75, 3.05) is 19.6 Å². The largest absolute Gasteiger partial charge is 0.417 e. The molecule has 1 aromatic carbocycles. The number of aromatic amines is 1. The summed E-state index contributed by atoms with van der Waals surface area (Å²) < 4.78 is 4.94. The lowest BCUT2D eigenvalue weighted by molar-refractivity contribution is 0.555. The monoisotopic (exact) mass is 235 g/mol. The van der Waals surface area contributed by atoms with Crippen molar-refractivity contribution < 1.29 is 4.42 Å². The summed E-state index contributed by atoms with van der Waals surface area (Å²) in [4.78, 5) is 13.6. The van der Waals surface area contributed by atoms with E-state index in [0.29, 0.717) is 5.58 Å². The molecule has 4 N–H and O–H groups in total. The molecule has 0 aliphatic rings. The van der Waals surface area contributed by atoms with E-state index in [2.05, 4.69) is 10.3 Å². The normalized spacial score (nSPS) is 11.1. The Bertz CT molecular complexity index is 530. The molecule has 0 radical (unpaired) electrons. The number of hydrogen-bond donors (Lipinski definition) is 3. The van der Waals surface area contributed by atoms with Crippen molar-refractivity contribution in [1.82, 2.24) is 10.3 Å². The van der Waals surface area contributed by atoms with Crippen molar-refractivity contribution in [2.24, 2.45) is 5.73 Å². The van der Waals surface area contributed by atoms with E-state index in [9.17, 15) is 4.79 Å². The number of rotatable bonds is 6. The Labute approximate surface area is 99.0 Å². The van der Waals surface area contributed by atoms with E-state index in [1.54, 1.807) is 0 Å². The Balaban J connectivity index is 1.92. The summed E-state index contributed by atoms with van der Waals surface area (Å²) in [6.45, 7) is 2.57. The molecule has 1 heterocycles. The third-order valence-electron chi connectivity index (χ3n) is 2.63. The highest BCUT2D eigenvalue weighted by molar-refractivity contribution is 5.72. The Kier molecular flexibility index (Phi) is 3.95. The fourth-order valence-electron chi connectivity index (χ4n) is 1.74. The number of hydrogen-bond acceptors (Lipinski definition) is 4. The maximum atomic E-state index is 11.0. The van der Waals surface area contributed by atoms with Gasteiger partial charge in [-0.25, -0.2) is 4.79 Å². The van der Waals surface area contributed by atoms with Gasteiger partial charge in [0.25, 0.3) is 0 Å². The van der Waals surface area contributed by atoms with E-state index in [1.807, 2.05) is 18.2 Å². The minimum atomic E-state index is -0.404. The number of nitrogens with two attached hydrogens (primary N) is 1. The van der Waals surface area contributed by atoms with Crippen LogP contribution in [-0.2, 0) is 6.42 Å². The first-order valence-corrected chi connectivity index (χ1v) is 5.82. The van der Waals surface area contributed by atoms with Crippen LogP contribution in [0.2, 0.25) is 0 Å². The molecule has 0 bridgehead atoms. The third-order valence-corrected chi connectivity index (χ3v) is 2.63. The zero-order valence-corrected chi connectivity index (χ0v) is 9.66. The van der Waals surface area contributed by atoms with E-state index in [4.69, 9.17) is 10.2 Å². The van der Waals surface area contributed by atoms with Crippen LogP contribution in [-0.4, -0.2) is 24.6 Å². The summed E-state index contributed by atoms with van der Waals surface area (Å²) in [5.74, 6) is -0.404. The van der Waals surface area contributed by atoms with Crippen LogP contribution in [0.1, 0.15) is 12.0 Å². The molecule has 92 valence electrons. The van der Waals surface area contributed by atoms with Gasteiger partial charge in [0, 0.05) is 0 Å². The first-order chi connectivity index (χ1) is 8.29. The summed E-state index contributed by atoms with van der Waals surface area (Å²) in [6.07, 6.45) is 1.92. The molecule has 0 spiro atoms. The molecule has 5 nitrogen and oxygen atoms in total. The second-order valence-electron chi connectivity index (χ2n) is 3.99. The van der Waals surface area contributed by atoms with Crippen molar-refractivity contribution >= 4 is 11.1 Å². The van der Waals surface area contributed by atoms with Crippen molar-refractivity contribution in [3.05, 3.63) is 34.3 Å². The van der Waals surface area contributed by atoms with Crippen LogP contribution >= 0.6 is 0 Å². The lowest BCUT2D eigenvalue weighted by Gasteiger charge is -2.03. The van der Waals surface area contributed by atoms with Crippen LogP contribution in [0.5, 0.6) is 0 Å². The number of H-pyrrole nitrogens is 1. The van der Waals surface area contributed by atoms with Crippen molar-refractivity contribution in [2.45, 2.75) is 12.8 Å². The quantitative estimate of drug-likeness (QED) is 0.640. The average molecular weight is 235 g/mol. The Hall–Kier alpha value is -1.59. The first kappa shape index (κ1) is 11.9. The molecule has 0 amide bonds. The third kappa shape index (κ3) is 3.18. The fraction of sp³-hybridized carbons (Fsp3) is 0.417. The minimum absolute atomic E-state index is 0.404. The molecule has 2 rings (SSSR count). The van der Waals surface area contributed by atoms with Gasteiger partial charge in [0.2, 0.25) is 0 Å². The topological polar surface area (TPSA) is 84.0 Å². The molecule has 0 aliphatic carbocycles. The van der Waals surface area contributed by atoms with Crippen LogP contribution in [0.15, 0.2) is 27.4 Å². The molecular weight excluding hydrogens is 218 g/mol. The molecule has 0 unspecified atom stereocenters. The number of fused-ring (bicyclic) bond motifs is 1. The predicted octanol–water partition coefficient (Wildman–Crippen LogP) is 0.602. The average Bonchev–Trinajstić information content (AvgIpc) is 2.68. The molecule has 5 heteroatoms. The van der Waals surface area contributed by atoms with Crippen molar-refractivity contribution in [3.63, 3.8) is 0 Å². The molecular formula is C12H17N3O2. The fourth-order valence-corrected chi connectivity index (χ4v) is 1.74. The van der Waals surface area contributed by atoms with Gasteiger partial charge in [0.05, 0.1) is 5.52 Å². The molecule has 0 atom stereocenters. The van der Waals surface area contributed by atoms with Crippen molar-refractivity contribution in [1.29, 1.82) is 0 Å². The van der Waals surface area contributed by atoms with Gasteiger partial charge in [-0.15, -0.1) is 0 Å². The lowest BCUT2D eigenvalue weighted by Crippen LogP contribution is -2.20. The standard InChI is InChI=1S/C12H17N3O2/c13-5-1-6-14-7-4-9-2-3-11-10(8-9)15-12(16)17-11/h2-3,8,14H,1,4-7,13H2,(H,15,16). The summed E-state index contributed by atoms with van der Waals surface area (Å²) in [5.41, 5.74) is 7.94. The predicted molar refractivity (Wildman–Crippen MR) is 67.1 cm³/mol. The zero-order valence-electron chi connectivity index (χ0n) is 9.66. The Morgan fingerprint density at radius 2 is 2.24 bits per heavy atom. The van der Waals surface area contributed by atoms with E-state index < -0.39 is 5.76 Å². The molecule has 2 aromatic rings. The Morgan fingerprint density at radius 1 is 1.35 bits per heavy atom. The van der Waals surface area contributed by atoms with Gasteiger partial charge in [-0.3, -0.25) is 4.98 Å². The van der Waals surface area contributed by atoms with Gasteiger partial charge in [0.15, 0.2) is 5.58 Å². The lowest BCUT2D eigenvalue weighted by atomic mass is 10.1. The number of oxazole rings is 1. The summed E-state index contributed by atoms with van der Waals surface area (Å²) in [6, 6.07) is 5.75. The van der Waals surface area contributed by atoms with Crippen LogP contribution in [0.25, 0.3) is 11.1 Å². The zero-order chi connectivity index (χ0) is 12.1. The van der Waals surface area contributed by atoms with E-state index in [1.165, 1.54) is 5.56 Å². The second kappa shape index (κ2) is 5.65. The van der Waals surface area contributed by atoms with E-state index >= 15 is 0 Å². The highest BCUT2D eigenvalue weighted by Crippen LogP contribution is 2.12. The molecule has 0 aliphatic heterocycles. The Morgan fingerprint density at radius 3 is 3.06 bits per heavy atom. The number of benzene rings is 1. The minimum Gasteiger partial charge on any atom is -0.408 e. The van der Waals surface area contributed by atoms with Crippen LogP contribution in [0.4, 0.5) is 0 Å². The van der Waals surface area contributed by atoms with Crippen LogP contribution in [0.3, 0.4) is 0 Å². The van der Waals surface area contributed by atoms with Crippen molar-refractivity contribution in [3.8, 4) is 0 Å². The van der Waals surface area contributed by atoms with Crippen LogP contribution in [0, 0.1) is 0 Å². The smallest absolute Gasteiger partial charge is 0.408 e. The van der Waals surface area contributed by atoms with E-state index in [0.717, 1.165) is 38.0 Å². The molecule has 0 saturated carbocycles. The highest BCUT2D eigenvalue weighted by Gasteiger charge is 2.01. The SMILES string of the molecule is NCCCNCCc1ccc2oc(=O)[nH]c2c1. The molecule has 1 aromatic heterocycles.